The molecule has 0 spiro atoms. The minimum Gasteiger partial charge on any atom is -0.321 e. The van der Waals surface area contributed by atoms with Gasteiger partial charge in [0.25, 0.3) is 5.91 Å². The molecule has 3 rings (SSSR count). The first-order valence-corrected chi connectivity index (χ1v) is 9.71. The average molecular weight is 412 g/mol. The number of aryl methyl sites for hydroxylation is 1. The fourth-order valence-corrected chi connectivity index (χ4v) is 4.35. The highest BCUT2D eigenvalue weighted by Crippen LogP contribution is 2.28. The third-order valence-electron chi connectivity index (χ3n) is 3.26. The van der Waals surface area contributed by atoms with Gasteiger partial charge in [-0.1, -0.05) is 45.4 Å². The van der Waals surface area contributed by atoms with Gasteiger partial charge < -0.3 is 5.32 Å². The van der Waals surface area contributed by atoms with Gasteiger partial charge in [-0.05, 0) is 48.8 Å². The number of nitrogens with one attached hydrogen (secondary N) is 1. The van der Waals surface area contributed by atoms with E-state index in [9.17, 15) is 9.00 Å². The summed E-state index contributed by atoms with van der Waals surface area (Å²) in [6.07, 6.45) is 0. The van der Waals surface area contributed by atoms with E-state index in [1.54, 1.807) is 24.3 Å². The molecule has 25 heavy (non-hydrogen) atoms. The molecule has 2 aromatic carbocycles. The van der Waals surface area contributed by atoms with Crippen LogP contribution in [0.25, 0.3) is 0 Å². The molecule has 1 unspecified atom stereocenters. The van der Waals surface area contributed by atoms with Crippen molar-refractivity contribution in [3.05, 3.63) is 63.8 Å². The van der Waals surface area contributed by atoms with Crippen LogP contribution in [0.4, 0.5) is 5.69 Å². The molecule has 1 atom stereocenters. The zero-order valence-corrected chi connectivity index (χ0v) is 16.0. The van der Waals surface area contributed by atoms with Crippen LogP contribution in [-0.4, -0.2) is 19.7 Å². The molecular formula is C16H11Cl2N3O2S2. The lowest BCUT2D eigenvalue weighted by atomic mass is 10.2. The minimum atomic E-state index is -1.64. The van der Waals surface area contributed by atoms with E-state index in [4.69, 9.17) is 23.2 Å². The molecule has 0 aliphatic heterocycles. The van der Waals surface area contributed by atoms with Gasteiger partial charge in [-0.15, -0.1) is 5.10 Å². The van der Waals surface area contributed by atoms with Crippen molar-refractivity contribution in [3.63, 3.8) is 0 Å². The topological polar surface area (TPSA) is 72.0 Å². The molecule has 0 saturated heterocycles. The summed E-state index contributed by atoms with van der Waals surface area (Å²) in [7, 11) is -1.64. The number of aromatic nitrogens is 2. The number of anilines is 1. The first-order valence-electron chi connectivity index (χ1n) is 7.03. The lowest BCUT2D eigenvalue weighted by Gasteiger charge is -2.05. The molecule has 0 fully saturated rings. The Hall–Kier alpha value is -1.80. The van der Waals surface area contributed by atoms with E-state index in [1.165, 1.54) is 6.07 Å². The molecule has 0 saturated carbocycles. The van der Waals surface area contributed by atoms with E-state index in [0.29, 0.717) is 15.6 Å². The van der Waals surface area contributed by atoms with Crippen LogP contribution in [0.1, 0.15) is 16.1 Å². The van der Waals surface area contributed by atoms with Gasteiger partial charge in [0.2, 0.25) is 0 Å². The Morgan fingerprint density at radius 1 is 1.12 bits per heavy atom. The molecule has 1 amide bonds. The molecule has 0 bridgehead atoms. The summed E-state index contributed by atoms with van der Waals surface area (Å²) in [5, 5.41) is 7.19. The molecule has 3 aromatic rings. The summed E-state index contributed by atoms with van der Waals surface area (Å²) < 4.78 is 16.8. The van der Waals surface area contributed by atoms with Crippen molar-refractivity contribution < 1.29 is 9.00 Å². The normalized spacial score (nSPS) is 12.0. The van der Waals surface area contributed by atoms with Gasteiger partial charge >= 0.3 is 0 Å². The summed E-state index contributed by atoms with van der Waals surface area (Å²) in [5.74, 6) is -0.471. The summed E-state index contributed by atoms with van der Waals surface area (Å²) in [4.78, 5) is 12.9. The maximum Gasteiger partial charge on any atom is 0.278 e. The number of amides is 1. The molecule has 0 radical (unpaired) electrons. The van der Waals surface area contributed by atoms with Gasteiger partial charge in [-0.3, -0.25) is 4.79 Å². The number of halogens is 2. The van der Waals surface area contributed by atoms with Crippen LogP contribution in [0.2, 0.25) is 10.0 Å². The zero-order chi connectivity index (χ0) is 18.0. The summed E-state index contributed by atoms with van der Waals surface area (Å²) in [5.41, 5.74) is 1.72. The number of nitrogens with zero attached hydrogens (tertiary/aromatic N) is 2. The van der Waals surface area contributed by atoms with E-state index in [1.807, 2.05) is 19.1 Å². The van der Waals surface area contributed by atoms with Crippen molar-refractivity contribution in [2.75, 3.05) is 5.32 Å². The van der Waals surface area contributed by atoms with Crippen molar-refractivity contribution >= 4 is 57.1 Å². The molecule has 1 heterocycles. The van der Waals surface area contributed by atoms with Crippen LogP contribution in [0.3, 0.4) is 0 Å². The van der Waals surface area contributed by atoms with Gasteiger partial charge in [0.1, 0.15) is 0 Å². The lowest BCUT2D eigenvalue weighted by molar-refractivity contribution is 0.101. The van der Waals surface area contributed by atoms with E-state index in [-0.39, 0.29) is 14.9 Å². The van der Waals surface area contributed by atoms with Crippen LogP contribution in [-0.2, 0) is 10.8 Å². The predicted molar refractivity (Wildman–Crippen MR) is 100 cm³/mol. The average Bonchev–Trinajstić information content (AvgIpc) is 3.08. The quantitative estimate of drug-likeness (QED) is 0.681. The fourth-order valence-electron chi connectivity index (χ4n) is 1.97. The molecule has 1 N–H and O–H groups in total. The van der Waals surface area contributed by atoms with Crippen molar-refractivity contribution in [1.82, 2.24) is 9.59 Å². The Morgan fingerprint density at radius 3 is 2.52 bits per heavy atom. The second-order valence-electron chi connectivity index (χ2n) is 5.07. The van der Waals surface area contributed by atoms with Crippen LogP contribution < -0.4 is 5.32 Å². The Labute approximate surface area is 160 Å². The van der Waals surface area contributed by atoms with Gasteiger partial charge in [0.15, 0.2) is 9.90 Å². The summed E-state index contributed by atoms with van der Waals surface area (Å²) in [6, 6.07) is 12.0. The van der Waals surface area contributed by atoms with E-state index < -0.39 is 16.7 Å². The number of carbonyl (C=O) groups is 1. The Morgan fingerprint density at radius 2 is 1.84 bits per heavy atom. The van der Waals surface area contributed by atoms with Crippen LogP contribution in [0.5, 0.6) is 0 Å². The Bertz CT molecular complexity index is 958. The van der Waals surface area contributed by atoms with Crippen molar-refractivity contribution in [3.8, 4) is 0 Å². The molecule has 128 valence electrons. The number of hydrogen-bond donors (Lipinski definition) is 1. The largest absolute Gasteiger partial charge is 0.321 e. The molecule has 9 heteroatoms. The van der Waals surface area contributed by atoms with Crippen molar-refractivity contribution in [1.29, 1.82) is 0 Å². The van der Waals surface area contributed by atoms with Crippen LogP contribution in [0.15, 0.2) is 51.6 Å². The predicted octanol–water partition coefficient (Wildman–Crippen LogP) is 4.57. The van der Waals surface area contributed by atoms with Gasteiger partial charge in [0, 0.05) is 10.6 Å². The molecule has 5 nitrogen and oxygen atoms in total. The highest BCUT2D eigenvalue weighted by atomic mass is 35.5. The Balaban J connectivity index is 1.86. The monoisotopic (exact) mass is 411 g/mol. The first-order chi connectivity index (χ1) is 12.0. The lowest BCUT2D eigenvalue weighted by Crippen LogP contribution is -2.14. The number of hydrogen-bond acceptors (Lipinski definition) is 5. The van der Waals surface area contributed by atoms with E-state index in [0.717, 1.165) is 17.1 Å². The highest BCUT2D eigenvalue weighted by Gasteiger charge is 2.23. The van der Waals surface area contributed by atoms with Gasteiger partial charge in [-0.25, -0.2) is 4.21 Å². The SMILES string of the molecule is Cc1ccc(NC(=O)c2nnsc2S(=O)c2ccc(Cl)c(Cl)c2)cc1. The molecule has 1 aromatic heterocycles. The highest BCUT2D eigenvalue weighted by molar-refractivity contribution is 7.87. The number of carbonyl (C=O) groups excluding carboxylic acids is 1. The van der Waals surface area contributed by atoms with Crippen LogP contribution in [0, 0.1) is 6.92 Å². The third-order valence-corrected chi connectivity index (χ3v) is 6.41. The van der Waals surface area contributed by atoms with Crippen molar-refractivity contribution in [2.45, 2.75) is 16.0 Å². The first kappa shape index (κ1) is 18.0. The van der Waals surface area contributed by atoms with E-state index in [2.05, 4.69) is 14.9 Å². The number of benzene rings is 2. The fraction of sp³-hybridized carbons (Fsp3) is 0.0625. The van der Waals surface area contributed by atoms with Crippen LogP contribution >= 0.6 is 34.7 Å². The van der Waals surface area contributed by atoms with Crippen molar-refractivity contribution in [2.24, 2.45) is 0 Å². The maximum atomic E-state index is 12.8. The standard InChI is InChI=1S/C16H11Cl2N3O2S2/c1-9-2-4-10(5-3-9)19-15(22)14-16(24-21-20-14)25(23)11-6-7-12(17)13(18)8-11/h2-8H,1H3,(H,19,22). The zero-order valence-electron chi connectivity index (χ0n) is 12.8. The summed E-state index contributed by atoms with van der Waals surface area (Å²) in [6.45, 7) is 1.95. The minimum absolute atomic E-state index is 0.0231. The second kappa shape index (κ2) is 7.61. The van der Waals surface area contributed by atoms with E-state index >= 15 is 0 Å². The smallest absolute Gasteiger partial charge is 0.278 e. The third kappa shape index (κ3) is 4.07. The van der Waals surface area contributed by atoms with Gasteiger partial charge in [-0.2, -0.15) is 0 Å². The summed E-state index contributed by atoms with van der Waals surface area (Å²) >= 11 is 12.8. The molecule has 0 aliphatic carbocycles. The molecule has 0 aliphatic rings. The van der Waals surface area contributed by atoms with Gasteiger partial charge in [0.05, 0.1) is 20.8 Å². The second-order valence-corrected chi connectivity index (χ2v) is 8.32. The maximum absolute atomic E-state index is 12.8. The molecular weight excluding hydrogens is 401 g/mol. The number of rotatable bonds is 4. The Kier molecular flexibility index (Phi) is 5.48.